The Morgan fingerprint density at radius 3 is 2.12 bits per heavy atom. The summed E-state index contributed by atoms with van der Waals surface area (Å²) in [5.74, 6) is -5.31. The van der Waals surface area contributed by atoms with Crippen LogP contribution in [0.1, 0.15) is 22.6 Å². The Labute approximate surface area is 140 Å². The van der Waals surface area contributed by atoms with Crippen LogP contribution in [0.2, 0.25) is 0 Å². The highest BCUT2D eigenvalue weighted by Gasteiger charge is 2.31. The number of aryl methyl sites for hydroxylation is 2. The van der Waals surface area contributed by atoms with E-state index in [0.717, 1.165) is 10.6 Å². The van der Waals surface area contributed by atoms with E-state index in [1.165, 1.54) is 24.4 Å². The molecule has 0 aliphatic heterocycles. The number of rotatable bonds is 5. The van der Waals surface area contributed by atoms with E-state index in [1.54, 1.807) is 13.8 Å². The second-order valence-corrected chi connectivity index (χ2v) is 5.43. The highest BCUT2D eigenvalue weighted by atomic mass is 16.6. The normalized spacial score (nSPS) is 10.7. The molecule has 0 saturated heterocycles. The molecule has 0 aliphatic carbocycles. The molecule has 0 fully saturated rings. The monoisotopic (exact) mass is 346 g/mol. The molecule has 0 radical (unpaired) electrons. The fourth-order valence-corrected chi connectivity index (χ4v) is 2.70. The van der Waals surface area contributed by atoms with Gasteiger partial charge in [0.05, 0.1) is 10.6 Å². The standard InChI is InChI=1S/C16H14N2O7/c1-8-6-10(18(24)25)7-9(2)13(8)17-5-3-4-11(14(17)19)12(15(20)21)16(22)23/h3-7,12H,1-2H3,(H,20,21)(H,22,23). The average Bonchev–Trinajstić information content (AvgIpc) is 2.49. The van der Waals surface area contributed by atoms with Gasteiger partial charge in [0.1, 0.15) is 0 Å². The van der Waals surface area contributed by atoms with E-state index in [4.69, 9.17) is 10.2 Å². The number of benzene rings is 1. The van der Waals surface area contributed by atoms with Crippen LogP contribution in [0, 0.1) is 24.0 Å². The lowest BCUT2D eigenvalue weighted by atomic mass is 10.0. The summed E-state index contributed by atoms with van der Waals surface area (Å²) in [7, 11) is 0. The quantitative estimate of drug-likeness (QED) is 0.476. The Hall–Kier alpha value is -3.49. The van der Waals surface area contributed by atoms with Crippen molar-refractivity contribution in [3.8, 4) is 5.69 Å². The van der Waals surface area contributed by atoms with Crippen LogP contribution >= 0.6 is 0 Å². The Kier molecular flexibility index (Phi) is 4.68. The second kappa shape index (κ2) is 6.56. The lowest BCUT2D eigenvalue weighted by Crippen LogP contribution is -2.31. The number of pyridine rings is 1. The molecule has 0 atom stereocenters. The molecule has 0 amide bonds. The van der Waals surface area contributed by atoms with Crippen LogP contribution < -0.4 is 5.56 Å². The van der Waals surface area contributed by atoms with E-state index in [9.17, 15) is 24.5 Å². The fourth-order valence-electron chi connectivity index (χ4n) is 2.70. The van der Waals surface area contributed by atoms with Crippen LogP contribution in [0.5, 0.6) is 0 Å². The molecular formula is C16H14N2O7. The van der Waals surface area contributed by atoms with Crippen LogP contribution in [0.25, 0.3) is 5.69 Å². The lowest BCUT2D eigenvalue weighted by molar-refractivity contribution is -0.384. The Morgan fingerprint density at radius 2 is 1.68 bits per heavy atom. The number of carboxylic acid groups (broad SMARTS) is 2. The molecule has 0 saturated carbocycles. The summed E-state index contributed by atoms with van der Waals surface area (Å²) in [6.45, 7) is 3.14. The van der Waals surface area contributed by atoms with E-state index in [2.05, 4.69) is 0 Å². The van der Waals surface area contributed by atoms with Gasteiger partial charge in [0.15, 0.2) is 5.92 Å². The minimum Gasteiger partial charge on any atom is -0.480 e. The summed E-state index contributed by atoms with van der Waals surface area (Å²) in [5, 5.41) is 29.1. The molecule has 0 aliphatic rings. The first-order chi connectivity index (χ1) is 11.6. The van der Waals surface area contributed by atoms with Gasteiger partial charge in [-0.15, -0.1) is 0 Å². The summed E-state index contributed by atoms with van der Waals surface area (Å²) in [6, 6.07) is 5.07. The third-order valence-corrected chi connectivity index (χ3v) is 3.71. The number of hydrogen-bond donors (Lipinski definition) is 2. The Bertz CT molecular complexity index is 909. The van der Waals surface area contributed by atoms with Crippen molar-refractivity contribution in [3.05, 3.63) is 67.6 Å². The van der Waals surface area contributed by atoms with Crippen molar-refractivity contribution in [1.29, 1.82) is 0 Å². The van der Waals surface area contributed by atoms with Crippen LogP contribution in [0.15, 0.2) is 35.3 Å². The molecule has 9 nitrogen and oxygen atoms in total. The number of nitrogens with zero attached hydrogens (tertiary/aromatic N) is 2. The van der Waals surface area contributed by atoms with Crippen LogP contribution in [0.4, 0.5) is 5.69 Å². The van der Waals surface area contributed by atoms with Gasteiger partial charge >= 0.3 is 11.9 Å². The first-order valence-electron chi connectivity index (χ1n) is 7.08. The van der Waals surface area contributed by atoms with Crippen molar-refractivity contribution in [1.82, 2.24) is 4.57 Å². The van der Waals surface area contributed by atoms with Gasteiger partial charge in [-0.2, -0.15) is 0 Å². The zero-order chi connectivity index (χ0) is 18.9. The fraction of sp³-hybridized carbons (Fsp3) is 0.188. The largest absolute Gasteiger partial charge is 0.480 e. The molecule has 0 unspecified atom stereocenters. The van der Waals surface area contributed by atoms with Gasteiger partial charge in [-0.1, -0.05) is 6.07 Å². The molecule has 130 valence electrons. The maximum Gasteiger partial charge on any atom is 0.322 e. The van der Waals surface area contributed by atoms with Crippen molar-refractivity contribution in [3.63, 3.8) is 0 Å². The topological polar surface area (TPSA) is 140 Å². The van der Waals surface area contributed by atoms with E-state index in [-0.39, 0.29) is 5.69 Å². The number of aromatic nitrogens is 1. The van der Waals surface area contributed by atoms with Gasteiger partial charge < -0.3 is 10.2 Å². The molecular weight excluding hydrogens is 332 g/mol. The first kappa shape index (κ1) is 17.9. The molecule has 9 heteroatoms. The van der Waals surface area contributed by atoms with Crippen molar-refractivity contribution < 1.29 is 24.7 Å². The van der Waals surface area contributed by atoms with E-state index >= 15 is 0 Å². The maximum atomic E-state index is 12.6. The highest BCUT2D eigenvalue weighted by molar-refractivity contribution is 5.98. The number of nitro benzene ring substituents is 1. The second-order valence-electron chi connectivity index (χ2n) is 5.43. The number of carbonyl (C=O) groups is 2. The van der Waals surface area contributed by atoms with E-state index in [1.807, 2.05) is 0 Å². The predicted octanol–water partition coefficient (Wildman–Crippen LogP) is 1.62. The number of non-ortho nitro benzene ring substituents is 1. The minimum atomic E-state index is -2.00. The van der Waals surface area contributed by atoms with Gasteiger partial charge in [0.25, 0.3) is 11.2 Å². The van der Waals surface area contributed by atoms with Crippen LogP contribution in [-0.2, 0) is 9.59 Å². The third-order valence-electron chi connectivity index (χ3n) is 3.71. The summed E-state index contributed by atoms with van der Waals surface area (Å²) in [6.07, 6.45) is 1.35. The Balaban J connectivity index is 2.73. The third kappa shape index (κ3) is 3.25. The smallest absolute Gasteiger partial charge is 0.322 e. The van der Waals surface area contributed by atoms with Gasteiger partial charge in [0.2, 0.25) is 0 Å². The van der Waals surface area contributed by atoms with E-state index < -0.39 is 33.9 Å². The van der Waals surface area contributed by atoms with Crippen molar-refractivity contribution in [2.45, 2.75) is 19.8 Å². The first-order valence-corrected chi connectivity index (χ1v) is 7.08. The minimum absolute atomic E-state index is 0.142. The summed E-state index contributed by atoms with van der Waals surface area (Å²) < 4.78 is 1.10. The maximum absolute atomic E-state index is 12.6. The molecule has 2 rings (SSSR count). The SMILES string of the molecule is Cc1cc([N+](=O)[O-])cc(C)c1-n1cccc(C(C(=O)O)C(=O)O)c1=O. The van der Waals surface area contributed by atoms with Gasteiger partial charge in [-0.25, -0.2) is 0 Å². The summed E-state index contributed by atoms with van der Waals surface area (Å²) in [4.78, 5) is 45.4. The number of carboxylic acids is 2. The lowest BCUT2D eigenvalue weighted by Gasteiger charge is -2.15. The highest BCUT2D eigenvalue weighted by Crippen LogP contribution is 2.24. The molecule has 2 aromatic rings. The van der Waals surface area contributed by atoms with Crippen molar-refractivity contribution in [2.24, 2.45) is 0 Å². The Morgan fingerprint density at radius 1 is 1.16 bits per heavy atom. The molecule has 2 N–H and O–H groups in total. The molecule has 25 heavy (non-hydrogen) atoms. The van der Waals surface area contributed by atoms with Crippen LogP contribution in [0.3, 0.4) is 0 Å². The molecule has 1 heterocycles. The average molecular weight is 346 g/mol. The predicted molar refractivity (Wildman–Crippen MR) is 86.2 cm³/mol. The number of nitro groups is 1. The molecule has 0 spiro atoms. The summed E-state index contributed by atoms with van der Waals surface area (Å²) >= 11 is 0. The van der Waals surface area contributed by atoms with Crippen molar-refractivity contribution >= 4 is 17.6 Å². The van der Waals surface area contributed by atoms with Crippen molar-refractivity contribution in [2.75, 3.05) is 0 Å². The molecule has 1 aromatic heterocycles. The molecule has 0 bridgehead atoms. The molecule has 1 aromatic carbocycles. The number of aliphatic carboxylic acids is 2. The van der Waals surface area contributed by atoms with Gasteiger partial charge in [-0.3, -0.25) is 29.1 Å². The van der Waals surface area contributed by atoms with Gasteiger partial charge in [-0.05, 0) is 31.0 Å². The van der Waals surface area contributed by atoms with Gasteiger partial charge in [0, 0.05) is 23.9 Å². The zero-order valence-electron chi connectivity index (χ0n) is 13.3. The van der Waals surface area contributed by atoms with E-state index in [0.29, 0.717) is 16.8 Å². The summed E-state index contributed by atoms with van der Waals surface area (Å²) in [5.41, 5.74) is -0.165. The number of hydrogen-bond acceptors (Lipinski definition) is 5. The van der Waals surface area contributed by atoms with Crippen LogP contribution in [-0.4, -0.2) is 31.6 Å². The zero-order valence-corrected chi connectivity index (χ0v) is 13.3.